The monoisotopic (exact) mass is 428 g/mol. The third-order valence-corrected chi connectivity index (χ3v) is 6.73. The number of hydrogen-bond acceptors (Lipinski definition) is 6. The van der Waals surface area contributed by atoms with Crippen molar-refractivity contribution in [3.05, 3.63) is 58.0 Å². The maximum atomic E-state index is 12.7. The lowest BCUT2D eigenvalue weighted by Crippen LogP contribution is -2.37. The number of benzene rings is 1. The number of nitriles is 2. The highest BCUT2D eigenvalue weighted by molar-refractivity contribution is 7.17. The lowest BCUT2D eigenvalue weighted by Gasteiger charge is -2.27. The van der Waals surface area contributed by atoms with E-state index < -0.39 is 11.8 Å². The van der Waals surface area contributed by atoms with Gasteiger partial charge in [0, 0.05) is 36.2 Å². The Kier molecular flexibility index (Phi) is 5.70. The molecule has 4 rings (SSSR count). The van der Waals surface area contributed by atoms with Crippen molar-refractivity contribution in [1.82, 2.24) is 4.90 Å². The highest BCUT2D eigenvalue weighted by Crippen LogP contribution is 2.44. The van der Waals surface area contributed by atoms with Gasteiger partial charge in [-0.1, -0.05) is 30.3 Å². The number of nitrogens with zero attached hydrogens (tertiary/aromatic N) is 4. The molecule has 1 fully saturated rings. The maximum absolute atomic E-state index is 12.7. The Morgan fingerprint density at radius 3 is 2.35 bits per heavy atom. The van der Waals surface area contributed by atoms with Gasteiger partial charge >= 0.3 is 0 Å². The molecule has 0 unspecified atom stereocenters. The zero-order valence-corrected chi connectivity index (χ0v) is 17.9. The van der Waals surface area contributed by atoms with Crippen LogP contribution in [-0.2, 0) is 9.59 Å². The van der Waals surface area contributed by atoms with E-state index in [1.807, 2.05) is 36.4 Å². The van der Waals surface area contributed by atoms with Gasteiger partial charge in [-0.2, -0.15) is 10.5 Å². The standard InChI is InChI=1S/C24H20N4O2S/c1-27-22(29)17(12-18(14-25)23(27)30)13-20-21(16-8-4-2-5-9-16)19(15-26)24(31-20)28-10-6-3-7-11-28/h2,4-5,8-9,12-13H,3,6-7,10-11H2,1H3/b17-13-. The molecule has 2 aliphatic rings. The second-order valence-corrected chi connectivity index (χ2v) is 8.52. The third-order valence-electron chi connectivity index (χ3n) is 5.53. The summed E-state index contributed by atoms with van der Waals surface area (Å²) in [6.07, 6.45) is 6.39. The Labute approximate surface area is 184 Å². The molecular formula is C24H20N4O2S. The largest absolute Gasteiger partial charge is 0.362 e. The van der Waals surface area contributed by atoms with Gasteiger partial charge in [0.25, 0.3) is 11.8 Å². The van der Waals surface area contributed by atoms with Crippen molar-refractivity contribution >= 4 is 34.2 Å². The maximum Gasteiger partial charge on any atom is 0.271 e. The van der Waals surface area contributed by atoms with E-state index in [9.17, 15) is 20.1 Å². The first kappa shape index (κ1) is 20.6. The van der Waals surface area contributed by atoms with E-state index in [0.717, 1.165) is 51.8 Å². The Balaban J connectivity index is 1.92. The van der Waals surface area contributed by atoms with Gasteiger partial charge in [-0.3, -0.25) is 14.5 Å². The Hall–Kier alpha value is -3.68. The van der Waals surface area contributed by atoms with Crippen molar-refractivity contribution in [2.24, 2.45) is 0 Å². The number of hydrogen-bond donors (Lipinski definition) is 0. The van der Waals surface area contributed by atoms with Crippen LogP contribution < -0.4 is 4.90 Å². The lowest BCUT2D eigenvalue weighted by molar-refractivity contribution is -0.138. The average Bonchev–Trinajstić information content (AvgIpc) is 3.18. The van der Waals surface area contributed by atoms with Gasteiger partial charge < -0.3 is 4.90 Å². The zero-order valence-electron chi connectivity index (χ0n) is 17.1. The van der Waals surface area contributed by atoms with E-state index in [2.05, 4.69) is 11.0 Å². The fourth-order valence-electron chi connectivity index (χ4n) is 3.92. The number of carbonyl (C=O) groups is 2. The first-order chi connectivity index (χ1) is 15.0. The lowest BCUT2D eigenvalue weighted by atomic mass is 9.98. The minimum Gasteiger partial charge on any atom is -0.362 e. The molecule has 7 heteroatoms. The molecule has 0 aliphatic carbocycles. The summed E-state index contributed by atoms with van der Waals surface area (Å²) >= 11 is 1.48. The molecule has 2 aliphatic heterocycles. The summed E-state index contributed by atoms with van der Waals surface area (Å²) in [5.41, 5.74) is 2.44. The normalized spacial score (nSPS) is 18.0. The molecular weight excluding hydrogens is 408 g/mol. The second kappa shape index (κ2) is 8.59. The van der Waals surface area contributed by atoms with Crippen molar-refractivity contribution in [1.29, 1.82) is 10.5 Å². The van der Waals surface area contributed by atoms with Crippen LogP contribution in [0.25, 0.3) is 17.2 Å². The molecule has 0 saturated carbocycles. The van der Waals surface area contributed by atoms with Crippen molar-refractivity contribution < 1.29 is 9.59 Å². The molecule has 6 nitrogen and oxygen atoms in total. The average molecular weight is 429 g/mol. The van der Waals surface area contributed by atoms with Gasteiger partial charge in [0.2, 0.25) is 0 Å². The van der Waals surface area contributed by atoms with E-state index >= 15 is 0 Å². The number of rotatable bonds is 3. The molecule has 1 saturated heterocycles. The molecule has 31 heavy (non-hydrogen) atoms. The molecule has 0 bridgehead atoms. The zero-order chi connectivity index (χ0) is 22.0. The SMILES string of the molecule is CN1C(=O)C(C#N)=C/C(=C/c2sc(N3CCCCC3)c(C#N)c2-c2ccccc2)C1=O. The summed E-state index contributed by atoms with van der Waals surface area (Å²) in [6.45, 7) is 1.79. The number of thiophene rings is 1. The van der Waals surface area contributed by atoms with E-state index in [-0.39, 0.29) is 11.1 Å². The molecule has 2 aromatic rings. The van der Waals surface area contributed by atoms with Crippen molar-refractivity contribution in [3.8, 4) is 23.3 Å². The molecule has 2 amide bonds. The first-order valence-electron chi connectivity index (χ1n) is 10.1. The molecule has 0 spiro atoms. The molecule has 0 N–H and O–H groups in total. The van der Waals surface area contributed by atoms with Gasteiger partial charge in [-0.25, -0.2) is 0 Å². The van der Waals surface area contributed by atoms with Crippen LogP contribution in [0.5, 0.6) is 0 Å². The number of anilines is 1. The van der Waals surface area contributed by atoms with Crippen LogP contribution in [0.3, 0.4) is 0 Å². The Morgan fingerprint density at radius 1 is 1.00 bits per heavy atom. The quantitative estimate of drug-likeness (QED) is 0.542. The molecule has 1 aromatic carbocycles. The number of amides is 2. The van der Waals surface area contributed by atoms with Gasteiger partial charge in [-0.15, -0.1) is 11.3 Å². The molecule has 0 atom stereocenters. The van der Waals surface area contributed by atoms with Crippen LogP contribution in [0.2, 0.25) is 0 Å². The minimum absolute atomic E-state index is 0.0806. The summed E-state index contributed by atoms with van der Waals surface area (Å²) in [7, 11) is 1.37. The molecule has 0 radical (unpaired) electrons. The van der Waals surface area contributed by atoms with E-state index in [0.29, 0.717) is 5.56 Å². The summed E-state index contributed by atoms with van der Waals surface area (Å²) in [5.74, 6) is -1.07. The van der Waals surface area contributed by atoms with Crippen LogP contribution >= 0.6 is 11.3 Å². The molecule has 1 aromatic heterocycles. The Morgan fingerprint density at radius 2 is 1.71 bits per heavy atom. The van der Waals surface area contributed by atoms with Gasteiger partial charge in [0.1, 0.15) is 22.7 Å². The van der Waals surface area contributed by atoms with Gasteiger partial charge in [-0.05, 0) is 37.0 Å². The molecule has 3 heterocycles. The summed E-state index contributed by atoms with van der Waals surface area (Å²) < 4.78 is 0. The fraction of sp³-hybridized carbons (Fsp3) is 0.250. The number of piperidine rings is 1. The first-order valence-corrected chi connectivity index (χ1v) is 10.9. The van der Waals surface area contributed by atoms with Crippen LogP contribution in [0.15, 0.2) is 47.6 Å². The Bertz CT molecular complexity index is 1190. The number of carbonyl (C=O) groups excluding carboxylic acids is 2. The van der Waals surface area contributed by atoms with Gasteiger partial charge in [0.05, 0.1) is 5.56 Å². The third kappa shape index (κ3) is 3.76. The van der Waals surface area contributed by atoms with Crippen LogP contribution in [0.1, 0.15) is 29.7 Å². The minimum atomic E-state index is -0.606. The van der Waals surface area contributed by atoms with E-state index in [4.69, 9.17) is 0 Å². The predicted molar refractivity (Wildman–Crippen MR) is 120 cm³/mol. The molecule has 154 valence electrons. The summed E-state index contributed by atoms with van der Waals surface area (Å²) in [6, 6.07) is 13.9. The van der Waals surface area contributed by atoms with Crippen molar-refractivity contribution in [2.45, 2.75) is 19.3 Å². The topological polar surface area (TPSA) is 88.2 Å². The van der Waals surface area contributed by atoms with E-state index in [1.54, 1.807) is 6.08 Å². The highest BCUT2D eigenvalue weighted by Gasteiger charge is 2.30. The van der Waals surface area contributed by atoms with Gasteiger partial charge in [0.15, 0.2) is 0 Å². The summed E-state index contributed by atoms with van der Waals surface area (Å²) in [5, 5.41) is 20.2. The summed E-state index contributed by atoms with van der Waals surface area (Å²) in [4.78, 5) is 28.8. The number of imide groups is 1. The number of likely N-dealkylation sites (N-methyl/N-ethyl adjacent to an activating group) is 1. The van der Waals surface area contributed by atoms with Crippen LogP contribution in [-0.4, -0.2) is 36.9 Å². The predicted octanol–water partition coefficient (Wildman–Crippen LogP) is 4.11. The highest BCUT2D eigenvalue weighted by atomic mass is 32.1. The van der Waals surface area contributed by atoms with E-state index in [1.165, 1.54) is 30.9 Å². The fourth-order valence-corrected chi connectivity index (χ4v) is 5.20. The van der Waals surface area contributed by atoms with Crippen molar-refractivity contribution in [2.75, 3.05) is 25.0 Å². The van der Waals surface area contributed by atoms with Crippen LogP contribution in [0.4, 0.5) is 5.00 Å². The second-order valence-electron chi connectivity index (χ2n) is 7.49. The smallest absolute Gasteiger partial charge is 0.271 e. The van der Waals surface area contributed by atoms with Crippen molar-refractivity contribution in [3.63, 3.8) is 0 Å². The van der Waals surface area contributed by atoms with Crippen LogP contribution in [0, 0.1) is 22.7 Å².